The molecule has 0 N–H and O–H groups in total. The fourth-order valence-corrected chi connectivity index (χ4v) is 5.06. The van der Waals surface area contributed by atoms with Crippen LogP contribution in [0, 0.1) is 12.8 Å². The number of piperidine rings is 1. The predicted molar refractivity (Wildman–Crippen MR) is 137 cm³/mol. The minimum Gasteiger partial charge on any atom is -0.339 e. The maximum Gasteiger partial charge on any atom is 0.254 e. The number of rotatable bonds is 7. The van der Waals surface area contributed by atoms with Crippen molar-refractivity contribution in [2.75, 3.05) is 13.1 Å². The Morgan fingerprint density at radius 1 is 1.00 bits per heavy atom. The van der Waals surface area contributed by atoms with Crippen molar-refractivity contribution < 1.29 is 9.59 Å². The van der Waals surface area contributed by atoms with Crippen molar-refractivity contribution in [1.29, 1.82) is 0 Å². The van der Waals surface area contributed by atoms with E-state index in [0.29, 0.717) is 24.2 Å². The molecule has 1 saturated heterocycles. The number of amides is 1. The number of benzene rings is 2. The quantitative estimate of drug-likeness (QED) is 0.455. The Balaban J connectivity index is 1.92. The zero-order chi connectivity index (χ0) is 24.2. The summed E-state index contributed by atoms with van der Waals surface area (Å²) in [5.74, 6) is -0.0286. The molecule has 0 saturated carbocycles. The van der Waals surface area contributed by atoms with Gasteiger partial charge in [-0.1, -0.05) is 76.2 Å². The molecule has 3 rings (SSSR count). The van der Waals surface area contributed by atoms with Crippen molar-refractivity contribution in [2.45, 2.75) is 72.6 Å². The highest BCUT2D eigenvalue weighted by atomic mass is 16.2. The lowest BCUT2D eigenvalue weighted by Crippen LogP contribution is -2.44. The topological polar surface area (TPSA) is 37.4 Å². The number of Topliss-reactive ketones (excluding diaryl/α,β-unsaturated/α-hetero) is 1. The molecular formula is C30H39NO2. The Hall–Kier alpha value is -2.68. The van der Waals surface area contributed by atoms with Crippen LogP contribution in [0.1, 0.15) is 76.1 Å². The summed E-state index contributed by atoms with van der Waals surface area (Å²) in [5.41, 5.74) is 5.95. The van der Waals surface area contributed by atoms with E-state index >= 15 is 0 Å². The number of allylic oxidation sites excluding steroid dienone is 1. The van der Waals surface area contributed by atoms with Gasteiger partial charge in [0.25, 0.3) is 5.91 Å². The summed E-state index contributed by atoms with van der Waals surface area (Å²) in [7, 11) is 0. The van der Waals surface area contributed by atoms with Gasteiger partial charge in [0.15, 0.2) is 5.78 Å². The largest absolute Gasteiger partial charge is 0.339 e. The second-order valence-corrected chi connectivity index (χ2v) is 9.85. The van der Waals surface area contributed by atoms with Gasteiger partial charge in [0.05, 0.1) is 5.57 Å². The smallest absolute Gasteiger partial charge is 0.254 e. The third-order valence-electron chi connectivity index (χ3n) is 7.64. The van der Waals surface area contributed by atoms with Crippen LogP contribution in [0.15, 0.2) is 54.1 Å². The molecule has 0 aliphatic carbocycles. The minimum atomic E-state index is -0.0907. The van der Waals surface area contributed by atoms with E-state index in [2.05, 4.69) is 38.1 Å². The molecule has 1 fully saturated rings. The van der Waals surface area contributed by atoms with E-state index in [-0.39, 0.29) is 23.0 Å². The standard InChI is InChI=1S/C30H39NO2/c1-7-21(3)28(32)23(5)27(25-15-11-9-13-22(25)4)29(33)31-19-17-30(6,18-20-31)26-16-12-10-14-24(26)8-2/h9-16,21H,7-8,17-20H2,1-6H3/b27-23-. The number of carbonyl (C=O) groups excluding carboxylic acids is 2. The van der Waals surface area contributed by atoms with Crippen molar-refractivity contribution in [3.8, 4) is 0 Å². The number of nitrogens with zero attached hydrogens (tertiary/aromatic N) is 1. The number of likely N-dealkylation sites (tertiary alicyclic amines) is 1. The monoisotopic (exact) mass is 445 g/mol. The van der Waals surface area contributed by atoms with E-state index in [4.69, 9.17) is 0 Å². The minimum absolute atomic E-state index is 0.00993. The summed E-state index contributed by atoms with van der Waals surface area (Å²) in [6.45, 7) is 13.8. The number of carbonyl (C=O) groups is 2. The zero-order valence-corrected chi connectivity index (χ0v) is 21.2. The Morgan fingerprint density at radius 2 is 1.61 bits per heavy atom. The Morgan fingerprint density at radius 3 is 2.21 bits per heavy atom. The van der Waals surface area contributed by atoms with E-state index in [1.807, 2.05) is 56.9 Å². The summed E-state index contributed by atoms with van der Waals surface area (Å²) in [4.78, 5) is 29.0. The van der Waals surface area contributed by atoms with Gasteiger partial charge in [-0.2, -0.15) is 0 Å². The SMILES string of the molecule is CCc1ccccc1C1(C)CCN(C(=O)/C(=C(/C)C(=O)C(C)CC)c2ccccc2C)CC1. The maximum absolute atomic E-state index is 13.9. The third kappa shape index (κ3) is 5.13. The van der Waals surface area contributed by atoms with Crippen LogP contribution in [0.4, 0.5) is 0 Å². The second-order valence-electron chi connectivity index (χ2n) is 9.85. The average Bonchev–Trinajstić information content (AvgIpc) is 2.84. The summed E-state index contributed by atoms with van der Waals surface area (Å²) in [6, 6.07) is 16.6. The first-order valence-electron chi connectivity index (χ1n) is 12.4. The molecule has 1 aliphatic heterocycles. The van der Waals surface area contributed by atoms with E-state index < -0.39 is 0 Å². The number of ketones is 1. The lowest BCUT2D eigenvalue weighted by atomic mass is 9.72. The van der Waals surface area contributed by atoms with Crippen molar-refractivity contribution in [2.24, 2.45) is 5.92 Å². The number of aryl methyl sites for hydroxylation is 2. The molecule has 1 amide bonds. The summed E-state index contributed by atoms with van der Waals surface area (Å²) < 4.78 is 0. The second kappa shape index (κ2) is 10.5. The highest BCUT2D eigenvalue weighted by Crippen LogP contribution is 2.38. The first-order chi connectivity index (χ1) is 15.7. The molecule has 3 nitrogen and oxygen atoms in total. The summed E-state index contributed by atoms with van der Waals surface area (Å²) in [6.07, 6.45) is 3.64. The van der Waals surface area contributed by atoms with E-state index in [1.165, 1.54) is 11.1 Å². The van der Waals surface area contributed by atoms with E-state index in [1.54, 1.807) is 0 Å². The molecule has 1 unspecified atom stereocenters. The van der Waals surface area contributed by atoms with Gasteiger partial charge >= 0.3 is 0 Å². The first kappa shape index (κ1) is 25.0. The molecule has 1 atom stereocenters. The Labute approximate surface area is 199 Å². The van der Waals surface area contributed by atoms with Crippen LogP contribution in [-0.2, 0) is 21.4 Å². The van der Waals surface area contributed by atoms with Crippen LogP contribution < -0.4 is 0 Å². The van der Waals surface area contributed by atoms with Crippen LogP contribution in [-0.4, -0.2) is 29.7 Å². The molecule has 0 radical (unpaired) electrons. The number of hydrogen-bond donors (Lipinski definition) is 0. The van der Waals surface area contributed by atoms with Gasteiger partial charge in [-0.3, -0.25) is 9.59 Å². The van der Waals surface area contributed by atoms with Gasteiger partial charge in [0, 0.05) is 24.6 Å². The molecule has 0 spiro atoms. The van der Waals surface area contributed by atoms with E-state index in [9.17, 15) is 9.59 Å². The fraction of sp³-hybridized carbons (Fsp3) is 0.467. The summed E-state index contributed by atoms with van der Waals surface area (Å²) in [5, 5.41) is 0. The van der Waals surface area contributed by atoms with Gasteiger partial charge < -0.3 is 4.90 Å². The van der Waals surface area contributed by atoms with Crippen LogP contribution in [0.5, 0.6) is 0 Å². The van der Waals surface area contributed by atoms with Gasteiger partial charge in [-0.15, -0.1) is 0 Å². The third-order valence-corrected chi connectivity index (χ3v) is 7.64. The lowest BCUT2D eigenvalue weighted by molar-refractivity contribution is -0.127. The maximum atomic E-state index is 13.9. The van der Waals surface area contributed by atoms with Gasteiger partial charge in [-0.05, 0) is 67.2 Å². The van der Waals surface area contributed by atoms with Crippen LogP contribution in [0.3, 0.4) is 0 Å². The van der Waals surface area contributed by atoms with Crippen molar-refractivity contribution in [1.82, 2.24) is 4.90 Å². The highest BCUT2D eigenvalue weighted by Gasteiger charge is 2.36. The molecule has 0 bridgehead atoms. The average molecular weight is 446 g/mol. The predicted octanol–water partition coefficient (Wildman–Crippen LogP) is 6.53. The van der Waals surface area contributed by atoms with Gasteiger partial charge in [0.1, 0.15) is 0 Å². The molecule has 1 heterocycles. The fourth-order valence-electron chi connectivity index (χ4n) is 5.06. The summed E-state index contributed by atoms with van der Waals surface area (Å²) >= 11 is 0. The molecule has 2 aromatic carbocycles. The molecular weight excluding hydrogens is 406 g/mol. The Kier molecular flexibility index (Phi) is 7.94. The lowest BCUT2D eigenvalue weighted by Gasteiger charge is -2.41. The van der Waals surface area contributed by atoms with Gasteiger partial charge in [0.2, 0.25) is 0 Å². The molecule has 3 heteroatoms. The van der Waals surface area contributed by atoms with Gasteiger partial charge in [-0.25, -0.2) is 0 Å². The highest BCUT2D eigenvalue weighted by molar-refractivity contribution is 6.26. The molecule has 0 aromatic heterocycles. The molecule has 33 heavy (non-hydrogen) atoms. The Bertz CT molecular complexity index is 1040. The first-order valence-corrected chi connectivity index (χ1v) is 12.4. The van der Waals surface area contributed by atoms with Crippen LogP contribution in [0.2, 0.25) is 0 Å². The number of hydrogen-bond acceptors (Lipinski definition) is 2. The zero-order valence-electron chi connectivity index (χ0n) is 21.2. The van der Waals surface area contributed by atoms with Crippen LogP contribution in [0.25, 0.3) is 5.57 Å². The van der Waals surface area contributed by atoms with Crippen molar-refractivity contribution in [3.05, 3.63) is 76.4 Å². The normalized spacial score (nSPS) is 17.3. The molecule has 2 aromatic rings. The van der Waals surface area contributed by atoms with Crippen molar-refractivity contribution >= 4 is 17.3 Å². The van der Waals surface area contributed by atoms with Crippen molar-refractivity contribution in [3.63, 3.8) is 0 Å². The van der Waals surface area contributed by atoms with E-state index in [0.717, 1.165) is 36.8 Å². The van der Waals surface area contributed by atoms with Crippen LogP contribution >= 0.6 is 0 Å². The molecule has 176 valence electrons. The molecule has 1 aliphatic rings.